The van der Waals surface area contributed by atoms with Crippen LogP contribution in [0.1, 0.15) is 42.1 Å². The molecule has 0 unspecified atom stereocenters. The molecular weight excluding hydrogens is 402 g/mol. The quantitative estimate of drug-likeness (QED) is 0.501. The molecule has 5 heteroatoms. The lowest BCUT2D eigenvalue weighted by Gasteiger charge is -2.13. The maximum absolute atomic E-state index is 8.88. The molecule has 0 aliphatic rings. The number of hydrogen-bond acceptors (Lipinski definition) is 4. The largest absolute Gasteiger partial charge is 0.488 e. The van der Waals surface area contributed by atoms with Gasteiger partial charge in [-0.3, -0.25) is 4.98 Å². The lowest BCUT2D eigenvalue weighted by atomic mass is 10.0. The lowest BCUT2D eigenvalue weighted by molar-refractivity contribution is 0.304. The number of aryl methyl sites for hydroxylation is 1. The molecule has 136 valence electrons. The van der Waals surface area contributed by atoms with Gasteiger partial charge in [-0.25, -0.2) is 0 Å². The first-order valence-corrected chi connectivity index (χ1v) is 9.61. The maximum Gasteiger partial charge on any atom is 0.136 e. The summed E-state index contributed by atoms with van der Waals surface area (Å²) >= 11 is 3.59. The van der Waals surface area contributed by atoms with Crippen LogP contribution in [-0.4, -0.2) is 10.7 Å². The van der Waals surface area contributed by atoms with Gasteiger partial charge in [-0.2, -0.15) is 5.26 Å². The number of aromatic nitrogens is 1. The average molecular weight is 422 g/mol. The molecule has 0 saturated heterocycles. The number of rotatable bonds is 6. The van der Waals surface area contributed by atoms with Crippen LogP contribution < -0.4 is 4.74 Å². The van der Waals surface area contributed by atoms with Gasteiger partial charge >= 0.3 is 0 Å². The Morgan fingerprint density at radius 1 is 1.22 bits per heavy atom. The van der Waals surface area contributed by atoms with Gasteiger partial charge in [0.25, 0.3) is 0 Å². The van der Waals surface area contributed by atoms with E-state index in [-0.39, 0.29) is 0 Å². The number of nitrogens with one attached hydrogen (secondary N) is 1. The van der Waals surface area contributed by atoms with Crippen molar-refractivity contribution in [3.05, 3.63) is 69.3 Å². The zero-order valence-electron chi connectivity index (χ0n) is 15.3. The van der Waals surface area contributed by atoms with Crippen LogP contribution in [-0.2, 0) is 6.61 Å². The molecule has 0 aliphatic heterocycles. The molecule has 2 aromatic carbocycles. The Morgan fingerprint density at radius 2 is 1.96 bits per heavy atom. The van der Waals surface area contributed by atoms with Crippen LogP contribution in [0.25, 0.3) is 10.9 Å². The molecule has 0 atom stereocenters. The van der Waals surface area contributed by atoms with E-state index >= 15 is 0 Å². The summed E-state index contributed by atoms with van der Waals surface area (Å²) < 4.78 is 6.80. The molecule has 0 amide bonds. The minimum Gasteiger partial charge on any atom is -0.488 e. The summed E-state index contributed by atoms with van der Waals surface area (Å²) in [5, 5.41) is 18.2. The molecule has 0 radical (unpaired) electrons. The van der Waals surface area contributed by atoms with Crippen molar-refractivity contribution in [3.63, 3.8) is 0 Å². The normalized spacial score (nSPS) is 10.6. The van der Waals surface area contributed by atoms with Crippen molar-refractivity contribution in [2.24, 2.45) is 0 Å². The van der Waals surface area contributed by atoms with Gasteiger partial charge < -0.3 is 10.1 Å². The Morgan fingerprint density at radius 3 is 2.63 bits per heavy atom. The van der Waals surface area contributed by atoms with Crippen molar-refractivity contribution >= 4 is 32.5 Å². The van der Waals surface area contributed by atoms with Crippen molar-refractivity contribution < 1.29 is 4.74 Å². The summed E-state index contributed by atoms with van der Waals surface area (Å²) in [6, 6.07) is 15.3. The fourth-order valence-electron chi connectivity index (χ4n) is 2.94. The number of halogens is 1. The number of pyridine rings is 1. The molecule has 0 fully saturated rings. The third-order valence-electron chi connectivity index (χ3n) is 4.29. The standard InChI is InChI=1S/C22H20BrN3O/c1-3-4-20(25)17-9-14(2)26-21-11-22(19(23)10-18(17)21)27-13-16-7-5-15(12-24)6-8-16/h5-11,25H,3-4,13H2,1-2H3. The second kappa shape index (κ2) is 8.32. The van der Waals surface area contributed by atoms with E-state index < -0.39 is 0 Å². The van der Waals surface area contributed by atoms with Gasteiger partial charge in [0, 0.05) is 28.4 Å². The van der Waals surface area contributed by atoms with E-state index in [1.54, 1.807) is 12.1 Å². The zero-order chi connectivity index (χ0) is 19.4. The second-order valence-corrected chi connectivity index (χ2v) is 7.29. The van der Waals surface area contributed by atoms with Crippen molar-refractivity contribution in [2.45, 2.75) is 33.3 Å². The predicted octanol–water partition coefficient (Wildman–Crippen LogP) is 5.92. The lowest BCUT2D eigenvalue weighted by Crippen LogP contribution is -2.03. The van der Waals surface area contributed by atoms with Gasteiger partial charge in [-0.05, 0) is 59.1 Å². The predicted molar refractivity (Wildman–Crippen MR) is 111 cm³/mol. The highest BCUT2D eigenvalue weighted by molar-refractivity contribution is 9.10. The first kappa shape index (κ1) is 19.1. The molecule has 4 nitrogen and oxygen atoms in total. The first-order valence-electron chi connectivity index (χ1n) is 8.82. The van der Waals surface area contributed by atoms with Crippen LogP contribution in [0.5, 0.6) is 5.75 Å². The summed E-state index contributed by atoms with van der Waals surface area (Å²) in [4.78, 5) is 4.62. The van der Waals surface area contributed by atoms with Crippen LogP contribution in [0.2, 0.25) is 0 Å². The Bertz CT molecular complexity index is 1040. The summed E-state index contributed by atoms with van der Waals surface area (Å²) in [5.41, 5.74) is 4.89. The van der Waals surface area contributed by atoms with Crippen LogP contribution in [0.3, 0.4) is 0 Å². The van der Waals surface area contributed by atoms with Gasteiger partial charge in [0.15, 0.2) is 0 Å². The van der Waals surface area contributed by atoms with E-state index in [0.717, 1.165) is 45.0 Å². The van der Waals surface area contributed by atoms with E-state index in [2.05, 4.69) is 33.9 Å². The SMILES string of the molecule is CCCC(=N)c1cc(C)nc2cc(OCc3ccc(C#N)cc3)c(Br)cc12. The third kappa shape index (κ3) is 4.35. The highest BCUT2D eigenvalue weighted by atomic mass is 79.9. The zero-order valence-corrected chi connectivity index (χ0v) is 16.9. The van der Waals surface area contributed by atoms with E-state index in [1.165, 1.54) is 0 Å². The minimum absolute atomic E-state index is 0.403. The van der Waals surface area contributed by atoms with Crippen LogP contribution in [0, 0.1) is 23.7 Å². The molecule has 1 N–H and O–H groups in total. The fraction of sp³-hybridized carbons (Fsp3) is 0.227. The van der Waals surface area contributed by atoms with Crippen molar-refractivity contribution in [1.82, 2.24) is 4.98 Å². The van der Waals surface area contributed by atoms with E-state index in [4.69, 9.17) is 15.4 Å². The van der Waals surface area contributed by atoms with Crippen LogP contribution >= 0.6 is 15.9 Å². The average Bonchev–Trinajstić information content (AvgIpc) is 2.66. The van der Waals surface area contributed by atoms with Gasteiger partial charge in [0.1, 0.15) is 12.4 Å². The smallest absolute Gasteiger partial charge is 0.136 e. The first-order chi connectivity index (χ1) is 13.0. The second-order valence-electron chi connectivity index (χ2n) is 6.44. The van der Waals surface area contributed by atoms with Crippen LogP contribution in [0.15, 0.2) is 46.9 Å². The number of fused-ring (bicyclic) bond motifs is 1. The molecule has 3 rings (SSSR count). The van der Waals surface area contributed by atoms with Crippen molar-refractivity contribution in [1.29, 1.82) is 10.7 Å². The Balaban J connectivity index is 1.91. The highest BCUT2D eigenvalue weighted by Crippen LogP contribution is 2.32. The number of nitrogens with zero attached hydrogens (tertiary/aromatic N) is 2. The summed E-state index contributed by atoms with van der Waals surface area (Å²) in [7, 11) is 0. The molecule has 1 heterocycles. The van der Waals surface area contributed by atoms with Crippen molar-refractivity contribution in [2.75, 3.05) is 0 Å². The maximum atomic E-state index is 8.88. The molecule has 3 aromatic rings. The van der Waals surface area contributed by atoms with Crippen molar-refractivity contribution in [3.8, 4) is 11.8 Å². The Kier molecular flexibility index (Phi) is 5.88. The number of hydrogen-bond donors (Lipinski definition) is 1. The van der Waals surface area contributed by atoms with Crippen LogP contribution in [0.4, 0.5) is 0 Å². The number of ether oxygens (including phenoxy) is 1. The summed E-state index contributed by atoms with van der Waals surface area (Å²) in [6.07, 6.45) is 1.68. The van der Waals surface area contributed by atoms with Gasteiger partial charge in [0.2, 0.25) is 0 Å². The molecule has 27 heavy (non-hydrogen) atoms. The Labute approximate surface area is 167 Å². The molecule has 0 spiro atoms. The van der Waals surface area contributed by atoms with Gasteiger partial charge in [-0.1, -0.05) is 25.5 Å². The van der Waals surface area contributed by atoms with E-state index in [1.807, 2.05) is 37.3 Å². The molecule has 0 saturated carbocycles. The van der Waals surface area contributed by atoms with Gasteiger partial charge in [0.05, 0.1) is 21.6 Å². The number of benzene rings is 2. The monoisotopic (exact) mass is 421 g/mol. The topological polar surface area (TPSA) is 69.8 Å². The van der Waals surface area contributed by atoms with E-state index in [9.17, 15) is 0 Å². The molecule has 0 aliphatic carbocycles. The molecule has 0 bridgehead atoms. The minimum atomic E-state index is 0.403. The fourth-order valence-corrected chi connectivity index (χ4v) is 3.40. The summed E-state index contributed by atoms with van der Waals surface area (Å²) in [6.45, 7) is 4.43. The van der Waals surface area contributed by atoms with Gasteiger partial charge in [-0.15, -0.1) is 0 Å². The third-order valence-corrected chi connectivity index (χ3v) is 4.91. The number of nitriles is 1. The van der Waals surface area contributed by atoms with E-state index in [0.29, 0.717) is 23.6 Å². The summed E-state index contributed by atoms with van der Waals surface area (Å²) in [5.74, 6) is 0.706. The Hall–Kier alpha value is -2.71. The molecular formula is C22H20BrN3O. The highest BCUT2D eigenvalue weighted by Gasteiger charge is 2.12. The molecule has 1 aromatic heterocycles.